The first-order valence-corrected chi connectivity index (χ1v) is 26.8. The summed E-state index contributed by atoms with van der Waals surface area (Å²) in [6.45, 7) is 39.7. The van der Waals surface area contributed by atoms with Gasteiger partial charge in [-0.15, -0.1) is 11.2 Å². The molecule has 0 bridgehead atoms. The number of aromatic amines is 4. The maximum Gasteiger partial charge on any atom is 1.00 e. The predicted octanol–water partition coefficient (Wildman–Crippen LogP) is 7.69. The number of H-pyrrole nitrogens is 4. The van der Waals surface area contributed by atoms with Crippen LogP contribution in [0.2, 0.25) is 0 Å². The number of rotatable bonds is 17. The monoisotopic (exact) mass is 1210 g/mol. The van der Waals surface area contributed by atoms with Gasteiger partial charge in [0.2, 0.25) is 5.70 Å². The van der Waals surface area contributed by atoms with Gasteiger partial charge in [0.15, 0.2) is 11.6 Å². The number of nitroso groups, excluding NO2 is 1. The minimum absolute atomic E-state index is 0. The number of aryl methyl sites for hydroxylation is 6. The second kappa shape index (κ2) is 46.7. The van der Waals surface area contributed by atoms with Crippen LogP contribution in [0.3, 0.4) is 0 Å². The van der Waals surface area contributed by atoms with Crippen molar-refractivity contribution in [1.82, 2.24) is 19.9 Å². The zero-order valence-corrected chi connectivity index (χ0v) is 56.0. The number of aliphatic hydroxyl groups excluding tert-OH is 1. The number of aromatic carboxylic acids is 1. The fourth-order valence-electron chi connectivity index (χ4n) is 5.80. The molecule has 0 amide bonds. The molecule has 0 radical (unpaired) electrons. The van der Waals surface area contributed by atoms with Gasteiger partial charge in [0.05, 0.1) is 44.2 Å². The van der Waals surface area contributed by atoms with E-state index < -0.39 is 35.3 Å². The van der Waals surface area contributed by atoms with E-state index in [-0.39, 0.29) is 94.6 Å². The van der Waals surface area contributed by atoms with Crippen molar-refractivity contribution in [2.75, 3.05) is 33.0 Å². The van der Waals surface area contributed by atoms with E-state index in [1.54, 1.807) is 67.5 Å². The number of allylic oxidation sites excluding steroid dienone is 2. The van der Waals surface area contributed by atoms with Gasteiger partial charge < -0.3 is 63.7 Å². The Labute approximate surface area is 521 Å². The van der Waals surface area contributed by atoms with Crippen LogP contribution in [0.4, 0.5) is 0 Å². The van der Waals surface area contributed by atoms with Crippen LogP contribution in [0.5, 0.6) is 0 Å². The number of esters is 5. The van der Waals surface area contributed by atoms with Crippen molar-refractivity contribution in [3.63, 3.8) is 0 Å². The van der Waals surface area contributed by atoms with Crippen LogP contribution < -0.4 is 34.7 Å². The SMILES string of the molecule is CC(=C[O-])C(C)C.CC(=O)c1c(C(=O)O)[nH]c(C)c1C.CCC(C)=O.CCOC(=O)C(N=O)=C(C)O.CCOC(=O)CC(C)=O.CCOC(=O)c1[nH]c(C)c(C)c1C(C)=O.CCOC(=O)c1cc(C)c(C)[nH]1.CCOC(=O)c1cc(C)c(C)[nH]1.[Na+]. The fourth-order valence-corrected chi connectivity index (χ4v) is 5.80. The number of hydrogen-bond acceptors (Lipinski definition) is 19. The molecular formula is C60H90N5NaO19. The number of carboxylic acid groups (broad SMARTS) is 1. The fraction of sp³-hybridized carbons (Fsp3) is 0.500. The third-order valence-corrected chi connectivity index (χ3v) is 11.1. The molecule has 0 atom stereocenters. The number of hydrogen-bond donors (Lipinski definition) is 6. The summed E-state index contributed by atoms with van der Waals surface area (Å²) in [5.41, 5.74) is 9.64. The van der Waals surface area contributed by atoms with Gasteiger partial charge in [-0.25, -0.2) is 24.0 Å². The molecule has 0 unspecified atom stereocenters. The zero-order chi connectivity index (χ0) is 66.3. The number of Topliss-reactive ketones (excluding diaryl/α,β-unsaturated/α-hetero) is 4. The third kappa shape index (κ3) is 35.3. The minimum Gasteiger partial charge on any atom is -0.878 e. The van der Waals surface area contributed by atoms with Gasteiger partial charge in [0.25, 0.3) is 0 Å². The van der Waals surface area contributed by atoms with Gasteiger partial charge in [-0.1, -0.05) is 26.3 Å². The summed E-state index contributed by atoms with van der Waals surface area (Å²) in [5, 5.41) is 29.7. The molecular weight excluding hydrogens is 1120 g/mol. The number of carbonyl (C=O) groups excluding carboxylic acids is 9. The Kier molecular flexibility index (Phi) is 47.2. The maximum atomic E-state index is 11.5. The van der Waals surface area contributed by atoms with Crippen molar-refractivity contribution in [3.05, 3.63) is 119 Å². The smallest absolute Gasteiger partial charge is 0.878 e. The molecule has 0 spiro atoms. The average Bonchev–Trinajstić information content (AvgIpc) is 4.34. The van der Waals surface area contributed by atoms with Crippen LogP contribution in [0.15, 0.2) is 40.6 Å². The van der Waals surface area contributed by atoms with Crippen molar-refractivity contribution in [2.45, 2.75) is 165 Å². The van der Waals surface area contributed by atoms with E-state index in [9.17, 15) is 58.0 Å². The quantitative estimate of drug-likeness (QED) is 0.00862. The summed E-state index contributed by atoms with van der Waals surface area (Å²) < 4.78 is 23.4. The average molecular weight is 1210 g/mol. The molecule has 4 aromatic heterocycles. The molecule has 4 rings (SSSR count). The third-order valence-electron chi connectivity index (χ3n) is 11.1. The normalized spacial score (nSPS) is 10.1. The van der Waals surface area contributed by atoms with Crippen molar-refractivity contribution >= 4 is 58.9 Å². The zero-order valence-electron chi connectivity index (χ0n) is 54.0. The number of carboxylic acids is 1. The molecule has 0 aliphatic heterocycles. The Bertz CT molecular complexity index is 2770. The summed E-state index contributed by atoms with van der Waals surface area (Å²) in [5.74, 6) is -3.75. The van der Waals surface area contributed by atoms with Gasteiger partial charge in [0.1, 0.15) is 46.5 Å². The topological polar surface area (TPSA) is 373 Å². The molecule has 0 aromatic carbocycles. The van der Waals surface area contributed by atoms with Gasteiger partial charge in [0, 0.05) is 29.2 Å². The molecule has 0 saturated carbocycles. The van der Waals surface area contributed by atoms with E-state index in [0.29, 0.717) is 61.3 Å². The van der Waals surface area contributed by atoms with E-state index in [2.05, 4.69) is 34.6 Å². The van der Waals surface area contributed by atoms with E-state index in [4.69, 9.17) is 24.4 Å². The number of carbonyl (C=O) groups is 10. The Morgan fingerprint density at radius 2 is 0.894 bits per heavy atom. The molecule has 0 aliphatic carbocycles. The molecule has 4 heterocycles. The largest absolute Gasteiger partial charge is 1.00 e. The van der Waals surface area contributed by atoms with Crippen molar-refractivity contribution < 1.29 is 117 Å². The number of nitrogens with one attached hydrogen (secondary N) is 4. The summed E-state index contributed by atoms with van der Waals surface area (Å²) in [4.78, 5) is 130. The summed E-state index contributed by atoms with van der Waals surface area (Å²) in [6, 6.07) is 3.60. The van der Waals surface area contributed by atoms with E-state index in [1.165, 1.54) is 27.7 Å². The van der Waals surface area contributed by atoms with Crippen LogP contribution in [-0.4, -0.2) is 122 Å². The minimum atomic E-state index is -1.10. The first-order valence-electron chi connectivity index (χ1n) is 26.8. The summed E-state index contributed by atoms with van der Waals surface area (Å²) >= 11 is 0. The first kappa shape index (κ1) is 86.1. The number of aliphatic hydroxyl groups is 1. The van der Waals surface area contributed by atoms with Gasteiger partial charge in [-0.05, 0) is 177 Å². The van der Waals surface area contributed by atoms with Crippen LogP contribution in [0.1, 0.15) is 217 Å². The molecule has 25 heteroatoms. The van der Waals surface area contributed by atoms with Crippen LogP contribution in [-0.2, 0) is 42.9 Å². The molecule has 0 saturated heterocycles. The van der Waals surface area contributed by atoms with Gasteiger partial charge in [-0.2, -0.15) is 0 Å². The Morgan fingerprint density at radius 1 is 0.541 bits per heavy atom. The molecule has 0 fully saturated rings. The second-order valence-electron chi connectivity index (χ2n) is 18.3. The number of aromatic nitrogens is 4. The van der Waals surface area contributed by atoms with E-state index in [0.717, 1.165) is 51.3 Å². The van der Waals surface area contributed by atoms with Gasteiger partial charge >= 0.3 is 65.4 Å². The molecule has 0 aliphatic rings. The van der Waals surface area contributed by atoms with E-state index in [1.807, 2.05) is 69.2 Å². The van der Waals surface area contributed by atoms with Crippen molar-refractivity contribution in [1.29, 1.82) is 0 Å². The van der Waals surface area contributed by atoms with Gasteiger partial charge in [-0.3, -0.25) is 19.2 Å². The van der Waals surface area contributed by atoms with Crippen LogP contribution in [0, 0.1) is 66.2 Å². The van der Waals surface area contributed by atoms with Crippen molar-refractivity contribution in [2.24, 2.45) is 11.1 Å². The first-order chi connectivity index (χ1) is 39.0. The molecule has 470 valence electrons. The van der Waals surface area contributed by atoms with Crippen molar-refractivity contribution in [3.8, 4) is 0 Å². The number of nitrogens with zero attached hydrogens (tertiary/aromatic N) is 1. The Hall–Kier alpha value is -7.70. The molecule has 4 aromatic rings. The molecule has 85 heavy (non-hydrogen) atoms. The maximum absolute atomic E-state index is 11.5. The Morgan fingerprint density at radius 3 is 1.13 bits per heavy atom. The summed E-state index contributed by atoms with van der Waals surface area (Å²) in [7, 11) is 0. The molecule has 6 N–H and O–H groups in total. The number of ether oxygens (including phenoxy) is 5. The summed E-state index contributed by atoms with van der Waals surface area (Å²) in [6.07, 6.45) is 1.47. The van der Waals surface area contributed by atoms with Crippen LogP contribution >= 0.6 is 0 Å². The number of ketones is 4. The predicted molar refractivity (Wildman–Crippen MR) is 315 cm³/mol. The standard InChI is InChI=1S/C11H15NO3.C9H11NO3.2C9H13NO2.C6H9NO4.C6H10O3.C6H12O.C4H8O.Na/c1-5-15-11(14)10-9(8(4)13)6(2)7(3)12-10;1-4-5(2)10-8(9(12)13)7(4)6(3)11;2*1-4-12-9(11)8-5-6(2)7(3)10-8;1-3-11-6(9)5(7-10)4(2)8;1-3-9-6(8)4-5(2)7;1-5(2)6(3)4-7;1-3-4(2)5;/h12H,5H2,1-4H3;10H,1-3H3,(H,12,13);2*5,10H,4H2,1-3H3;8H,3H2,1-2H3;3-4H2,1-2H3;4-5,7H,1-3H3;3H2,1-2H3;/q;;;;;;;;+1/p-1. The van der Waals surface area contributed by atoms with E-state index >= 15 is 0 Å². The molecule has 24 nitrogen and oxygen atoms in total. The van der Waals surface area contributed by atoms with Crippen LogP contribution in [0.25, 0.3) is 0 Å². The second-order valence-corrected chi connectivity index (χ2v) is 18.3. The Balaban J connectivity index is -0.000000291.